The Labute approximate surface area is 175 Å². The molecule has 0 aromatic rings. The summed E-state index contributed by atoms with van der Waals surface area (Å²) in [5, 5.41) is 0. The maximum atomic E-state index is 7.19. The van der Waals surface area contributed by atoms with E-state index in [1.54, 1.807) is 12.8 Å². The van der Waals surface area contributed by atoms with Gasteiger partial charge in [0.05, 0.1) is 0 Å². The van der Waals surface area contributed by atoms with Crippen LogP contribution in [0.3, 0.4) is 0 Å². The lowest BCUT2D eigenvalue weighted by atomic mass is 9.65. The van der Waals surface area contributed by atoms with Gasteiger partial charge in [-0.25, -0.2) is 0 Å². The molecular formula is C27H45N. The van der Waals surface area contributed by atoms with E-state index in [1.165, 1.54) is 90.0 Å². The average molecular weight is 384 g/mol. The predicted octanol–water partition coefficient (Wildman–Crippen LogP) is 6.85. The Morgan fingerprint density at radius 1 is 0.714 bits per heavy atom. The third kappa shape index (κ3) is 3.83. The summed E-state index contributed by atoms with van der Waals surface area (Å²) in [7, 11) is 2.38. The van der Waals surface area contributed by atoms with Crippen molar-refractivity contribution in [3.63, 3.8) is 0 Å². The van der Waals surface area contributed by atoms with Gasteiger partial charge in [-0.3, -0.25) is 0 Å². The molecule has 0 spiro atoms. The molecule has 0 aromatic carbocycles. The molecule has 2 radical (unpaired) electrons. The van der Waals surface area contributed by atoms with E-state index >= 15 is 0 Å². The highest BCUT2D eigenvalue weighted by Gasteiger charge is 2.53. The van der Waals surface area contributed by atoms with E-state index in [0.29, 0.717) is 5.92 Å². The fourth-order valence-corrected chi connectivity index (χ4v) is 8.88. The average Bonchev–Trinajstić information content (AvgIpc) is 3.27. The molecule has 0 bridgehead atoms. The number of nitrogens with zero attached hydrogens (tertiary/aromatic N) is 1. The Hall–Kier alpha value is -0.0400. The van der Waals surface area contributed by atoms with Crippen molar-refractivity contribution >= 4 is 0 Å². The lowest BCUT2D eigenvalue weighted by molar-refractivity contribution is 0.0858. The highest BCUT2D eigenvalue weighted by atomic mass is 15.1. The summed E-state index contributed by atoms with van der Waals surface area (Å²) in [6.07, 6.45) is 22.3. The van der Waals surface area contributed by atoms with Gasteiger partial charge in [0.25, 0.3) is 0 Å². The second-order valence-electron chi connectivity index (χ2n) is 11.8. The topological polar surface area (TPSA) is 3.24 Å². The number of hydrogen-bond acceptors (Lipinski definition) is 1. The van der Waals surface area contributed by atoms with E-state index in [9.17, 15) is 0 Å². The highest BCUT2D eigenvalue weighted by molar-refractivity contribution is 5.04. The van der Waals surface area contributed by atoms with Gasteiger partial charge in [0.1, 0.15) is 0 Å². The quantitative estimate of drug-likeness (QED) is 0.513. The van der Waals surface area contributed by atoms with Gasteiger partial charge in [-0.2, -0.15) is 0 Å². The first kappa shape index (κ1) is 19.9. The van der Waals surface area contributed by atoms with Crippen LogP contribution in [0, 0.1) is 54.3 Å². The highest BCUT2D eigenvalue weighted by Crippen LogP contribution is 2.60. The fraction of sp³-hybridized carbons (Fsp3) is 0.963. The second-order valence-corrected chi connectivity index (χ2v) is 11.8. The van der Waals surface area contributed by atoms with Crippen LogP contribution < -0.4 is 0 Å². The van der Waals surface area contributed by atoms with E-state index in [2.05, 4.69) is 11.9 Å². The van der Waals surface area contributed by atoms with Crippen LogP contribution in [0.4, 0.5) is 0 Å². The zero-order chi connectivity index (χ0) is 19.1. The lowest BCUT2D eigenvalue weighted by Crippen LogP contribution is -2.39. The molecule has 5 aliphatic rings. The van der Waals surface area contributed by atoms with E-state index in [-0.39, 0.29) is 0 Å². The largest absolute Gasteiger partial charge is 0.303 e. The van der Waals surface area contributed by atoms with Crippen molar-refractivity contribution in [2.24, 2.45) is 47.3 Å². The van der Waals surface area contributed by atoms with Crippen molar-refractivity contribution in [3.8, 4) is 0 Å². The molecule has 4 aliphatic carbocycles. The minimum absolute atomic E-state index is 0.506. The molecule has 1 saturated heterocycles. The molecule has 158 valence electrons. The van der Waals surface area contributed by atoms with Crippen LogP contribution in [0.25, 0.3) is 0 Å². The number of piperidine rings is 1. The smallest absolute Gasteiger partial charge is 0.00950 e. The zero-order valence-corrected chi connectivity index (χ0v) is 18.5. The monoisotopic (exact) mass is 383 g/mol. The molecular weight excluding hydrogens is 338 g/mol. The van der Waals surface area contributed by atoms with Crippen LogP contribution in [0.5, 0.6) is 0 Å². The maximum absolute atomic E-state index is 7.19. The van der Waals surface area contributed by atoms with Gasteiger partial charge >= 0.3 is 0 Å². The van der Waals surface area contributed by atoms with Gasteiger partial charge in [-0.15, -0.1) is 0 Å². The summed E-state index contributed by atoms with van der Waals surface area (Å²) in [5.41, 5.74) is 0. The van der Waals surface area contributed by atoms with Crippen molar-refractivity contribution in [2.75, 3.05) is 13.6 Å². The summed E-state index contributed by atoms with van der Waals surface area (Å²) in [6, 6.07) is 0.820. The molecule has 1 heteroatoms. The number of likely N-dealkylation sites (tertiary alicyclic amines) is 1. The van der Waals surface area contributed by atoms with E-state index < -0.39 is 0 Å². The van der Waals surface area contributed by atoms with E-state index in [1.807, 2.05) is 0 Å². The Bertz CT molecular complexity index is 506. The normalized spacial score (nSPS) is 47.8. The van der Waals surface area contributed by atoms with Crippen molar-refractivity contribution in [1.29, 1.82) is 0 Å². The second kappa shape index (κ2) is 8.60. The molecule has 8 atom stereocenters. The van der Waals surface area contributed by atoms with Crippen molar-refractivity contribution in [3.05, 3.63) is 6.92 Å². The summed E-state index contributed by atoms with van der Waals surface area (Å²) < 4.78 is 0. The lowest BCUT2D eigenvalue weighted by Gasteiger charge is -2.41. The molecule has 1 nitrogen and oxygen atoms in total. The van der Waals surface area contributed by atoms with E-state index in [0.717, 1.165) is 47.5 Å². The van der Waals surface area contributed by atoms with Gasteiger partial charge in [-0.05, 0) is 106 Å². The van der Waals surface area contributed by atoms with Gasteiger partial charge in [-0.1, -0.05) is 57.8 Å². The zero-order valence-electron chi connectivity index (χ0n) is 18.5. The molecule has 28 heavy (non-hydrogen) atoms. The van der Waals surface area contributed by atoms with Crippen molar-refractivity contribution < 1.29 is 0 Å². The molecule has 1 heterocycles. The van der Waals surface area contributed by atoms with Crippen LogP contribution in [-0.4, -0.2) is 24.5 Å². The molecule has 0 aromatic heterocycles. The standard InChI is InChI=1S/C27H45N/c1-19-24(15-20-9-4-3-5-10-20)26-16-21-11-8-12-22(21)17-27(26)25(19)18-23-13-6-7-14-28(23)2/h1,19-27H,3-18H2,2H3. The summed E-state index contributed by atoms with van der Waals surface area (Å²) in [5.74, 6) is 7.27. The Morgan fingerprint density at radius 3 is 2.04 bits per heavy atom. The molecule has 1 aliphatic heterocycles. The molecule has 0 amide bonds. The molecule has 8 unspecified atom stereocenters. The van der Waals surface area contributed by atoms with Crippen LogP contribution in [0.1, 0.15) is 96.3 Å². The maximum Gasteiger partial charge on any atom is 0.00950 e. The van der Waals surface area contributed by atoms with Crippen LogP contribution in [0.2, 0.25) is 0 Å². The predicted molar refractivity (Wildman–Crippen MR) is 118 cm³/mol. The summed E-state index contributed by atoms with van der Waals surface area (Å²) in [6.45, 7) is 8.51. The summed E-state index contributed by atoms with van der Waals surface area (Å²) >= 11 is 0. The summed E-state index contributed by atoms with van der Waals surface area (Å²) in [4.78, 5) is 2.68. The minimum atomic E-state index is 0.506. The first-order valence-corrected chi connectivity index (χ1v) is 13.2. The van der Waals surface area contributed by atoms with Gasteiger partial charge in [0, 0.05) is 6.04 Å². The molecule has 5 fully saturated rings. The SMILES string of the molecule is [CH]C1C(CC2CCCCC2)C2CC3CCCC3CC2C1CC1CCCCN1C. The Morgan fingerprint density at radius 2 is 1.36 bits per heavy atom. The minimum Gasteiger partial charge on any atom is -0.303 e. The van der Waals surface area contributed by atoms with Crippen LogP contribution in [-0.2, 0) is 0 Å². The third-order valence-electron chi connectivity index (χ3n) is 10.4. The Kier molecular flexibility index (Phi) is 6.11. The van der Waals surface area contributed by atoms with E-state index in [4.69, 9.17) is 6.92 Å². The third-order valence-corrected chi connectivity index (χ3v) is 10.4. The first-order valence-electron chi connectivity index (χ1n) is 13.2. The van der Waals surface area contributed by atoms with Crippen LogP contribution in [0.15, 0.2) is 0 Å². The van der Waals surface area contributed by atoms with Gasteiger partial charge < -0.3 is 4.90 Å². The first-order chi connectivity index (χ1) is 13.7. The van der Waals surface area contributed by atoms with Crippen molar-refractivity contribution in [1.82, 2.24) is 4.90 Å². The van der Waals surface area contributed by atoms with Gasteiger partial charge in [0.2, 0.25) is 0 Å². The molecule has 0 N–H and O–H groups in total. The van der Waals surface area contributed by atoms with Crippen molar-refractivity contribution in [2.45, 2.75) is 102 Å². The number of fused-ring (bicyclic) bond motifs is 2. The molecule has 5 rings (SSSR count). The fourth-order valence-electron chi connectivity index (χ4n) is 8.88. The van der Waals surface area contributed by atoms with Crippen LogP contribution >= 0.6 is 0 Å². The molecule has 4 saturated carbocycles. The number of hydrogen-bond donors (Lipinski definition) is 0. The number of rotatable bonds is 4. The van der Waals surface area contributed by atoms with Gasteiger partial charge in [0.15, 0.2) is 0 Å². The Balaban J connectivity index is 1.33.